The number of nitrogens with zero attached hydrogens (tertiary/aromatic N) is 2. The van der Waals surface area contributed by atoms with E-state index in [0.717, 1.165) is 22.5 Å². The van der Waals surface area contributed by atoms with Crippen molar-refractivity contribution in [1.82, 2.24) is 0 Å². The molecule has 2 heterocycles. The molecule has 28 heavy (non-hydrogen) atoms. The van der Waals surface area contributed by atoms with Gasteiger partial charge in [0.25, 0.3) is 5.91 Å². The number of thioether (sulfide) groups is 1. The summed E-state index contributed by atoms with van der Waals surface area (Å²) in [7, 11) is 0. The third kappa shape index (κ3) is 2.39. The second-order valence-corrected chi connectivity index (χ2v) is 8.06. The van der Waals surface area contributed by atoms with Gasteiger partial charge in [-0.15, -0.1) is 11.8 Å². The van der Waals surface area contributed by atoms with E-state index in [1.165, 1.54) is 11.8 Å². The fraction of sp³-hybridized carbons (Fsp3) is 0.130. The van der Waals surface area contributed by atoms with Crippen molar-refractivity contribution in [3.8, 4) is 0 Å². The highest BCUT2D eigenvalue weighted by atomic mass is 32.2. The molecule has 0 saturated carbocycles. The fourth-order valence-corrected chi connectivity index (χ4v) is 5.41. The predicted molar refractivity (Wildman–Crippen MR) is 112 cm³/mol. The molecule has 1 atom stereocenters. The molecule has 2 aliphatic rings. The molecule has 0 bridgehead atoms. The maximum absolute atomic E-state index is 13.8. The molecule has 3 aromatic rings. The van der Waals surface area contributed by atoms with E-state index in [9.17, 15) is 9.59 Å². The summed E-state index contributed by atoms with van der Waals surface area (Å²) in [5.41, 5.74) is 3.57. The van der Waals surface area contributed by atoms with Crippen molar-refractivity contribution in [3.63, 3.8) is 0 Å². The smallest absolute Gasteiger partial charge is 0.269 e. The first-order valence-electron chi connectivity index (χ1n) is 9.19. The van der Waals surface area contributed by atoms with E-state index >= 15 is 0 Å². The van der Waals surface area contributed by atoms with Gasteiger partial charge in [-0.25, -0.2) is 0 Å². The van der Waals surface area contributed by atoms with E-state index in [0.29, 0.717) is 6.54 Å². The van der Waals surface area contributed by atoms with Gasteiger partial charge in [0.2, 0.25) is 10.8 Å². The molecule has 0 N–H and O–H groups in total. The molecule has 4 nitrogen and oxygen atoms in total. The van der Waals surface area contributed by atoms with Crippen LogP contribution in [0.2, 0.25) is 0 Å². The molecule has 0 unspecified atom stereocenters. The van der Waals surface area contributed by atoms with Gasteiger partial charge in [-0.1, -0.05) is 66.7 Å². The summed E-state index contributed by atoms with van der Waals surface area (Å²) in [5, 5.41) is 0. The molecule has 1 fully saturated rings. The van der Waals surface area contributed by atoms with Crippen molar-refractivity contribution in [1.29, 1.82) is 0 Å². The Kier molecular flexibility index (Phi) is 3.98. The number of hydrogen-bond acceptors (Lipinski definition) is 3. The van der Waals surface area contributed by atoms with Crippen LogP contribution in [0.4, 0.5) is 11.4 Å². The molecule has 138 valence electrons. The van der Waals surface area contributed by atoms with Crippen LogP contribution in [0.1, 0.15) is 11.1 Å². The number of amides is 2. The lowest BCUT2D eigenvalue weighted by molar-refractivity contribution is -0.123. The first-order valence-corrected chi connectivity index (χ1v) is 10.2. The molecule has 0 aromatic heterocycles. The first kappa shape index (κ1) is 17.1. The van der Waals surface area contributed by atoms with Crippen molar-refractivity contribution in [2.45, 2.75) is 11.4 Å². The highest BCUT2D eigenvalue weighted by Crippen LogP contribution is 2.55. The third-order valence-electron chi connectivity index (χ3n) is 5.26. The summed E-state index contributed by atoms with van der Waals surface area (Å²) < 4.78 is 0. The second-order valence-electron chi connectivity index (χ2n) is 6.89. The van der Waals surface area contributed by atoms with Gasteiger partial charge in [-0.05, 0) is 23.8 Å². The summed E-state index contributed by atoms with van der Waals surface area (Å²) in [6.07, 6.45) is 0. The Morgan fingerprint density at radius 2 is 1.46 bits per heavy atom. The minimum atomic E-state index is -1.04. The highest BCUT2D eigenvalue weighted by Gasteiger charge is 2.60. The van der Waals surface area contributed by atoms with Crippen LogP contribution in [0.15, 0.2) is 84.9 Å². The average molecular weight is 386 g/mol. The van der Waals surface area contributed by atoms with E-state index < -0.39 is 4.87 Å². The number of para-hydroxylation sites is 2. The van der Waals surface area contributed by atoms with Crippen LogP contribution in [0.25, 0.3) is 0 Å². The maximum Gasteiger partial charge on any atom is 0.269 e. The average Bonchev–Trinajstić information content (AvgIpc) is 3.21. The molecule has 5 heteroatoms. The Morgan fingerprint density at radius 1 is 0.821 bits per heavy atom. The van der Waals surface area contributed by atoms with Crippen LogP contribution in [-0.2, 0) is 21.0 Å². The number of fused-ring (bicyclic) bond motifs is 2. The molecule has 5 rings (SSSR count). The molecule has 0 aliphatic carbocycles. The quantitative estimate of drug-likeness (QED) is 0.678. The van der Waals surface area contributed by atoms with Crippen molar-refractivity contribution >= 4 is 35.0 Å². The topological polar surface area (TPSA) is 40.6 Å². The summed E-state index contributed by atoms with van der Waals surface area (Å²) in [5.74, 6) is 0.187. The van der Waals surface area contributed by atoms with Crippen molar-refractivity contribution in [2.24, 2.45) is 0 Å². The second kappa shape index (κ2) is 6.53. The van der Waals surface area contributed by atoms with E-state index in [4.69, 9.17) is 0 Å². The first-order chi connectivity index (χ1) is 13.7. The summed E-state index contributed by atoms with van der Waals surface area (Å²) in [4.78, 5) is 29.2. The Labute approximate surface area is 167 Å². The lowest BCUT2D eigenvalue weighted by Gasteiger charge is -2.33. The Bertz CT molecular complexity index is 1050. The Morgan fingerprint density at radius 3 is 2.21 bits per heavy atom. The molecule has 2 amide bonds. The lowest BCUT2D eigenvalue weighted by atomic mass is 10.0. The van der Waals surface area contributed by atoms with E-state index in [1.54, 1.807) is 4.90 Å². The minimum absolute atomic E-state index is 0.0408. The monoisotopic (exact) mass is 386 g/mol. The van der Waals surface area contributed by atoms with Crippen LogP contribution in [0.3, 0.4) is 0 Å². The number of benzene rings is 3. The van der Waals surface area contributed by atoms with Gasteiger partial charge in [0, 0.05) is 11.3 Å². The number of rotatable bonds is 3. The molecular formula is C23H18N2O2S. The molecule has 2 aliphatic heterocycles. The maximum atomic E-state index is 13.8. The zero-order chi connectivity index (χ0) is 19.1. The zero-order valence-corrected chi connectivity index (χ0v) is 15.9. The van der Waals surface area contributed by atoms with Crippen molar-refractivity contribution in [2.75, 3.05) is 15.6 Å². The predicted octanol–water partition coefficient (Wildman–Crippen LogP) is 4.17. The minimum Gasteiger partial charge on any atom is -0.304 e. The fourth-order valence-electron chi connectivity index (χ4n) is 4.06. The standard InChI is InChI=1S/C23H18N2O2S/c26-21-16-28-23(25(21)18-11-5-2-6-12-18)19-13-7-8-14-20(19)24(22(23)27)15-17-9-3-1-4-10-17/h1-14H,15-16H2/t23-/m1/s1. The van der Waals surface area contributed by atoms with Gasteiger partial charge < -0.3 is 4.90 Å². The summed E-state index contributed by atoms with van der Waals surface area (Å²) in [6.45, 7) is 0.482. The SMILES string of the molecule is O=C1CS[C@]2(C(=O)N(Cc3ccccc3)c3ccccc32)N1c1ccccc1. The third-order valence-corrected chi connectivity index (χ3v) is 6.65. The number of hydrogen-bond donors (Lipinski definition) is 0. The zero-order valence-electron chi connectivity index (χ0n) is 15.1. The summed E-state index contributed by atoms with van der Waals surface area (Å²) in [6, 6.07) is 27.3. The van der Waals surface area contributed by atoms with Crippen LogP contribution < -0.4 is 9.80 Å². The van der Waals surface area contributed by atoms with Gasteiger partial charge >= 0.3 is 0 Å². The number of carbonyl (C=O) groups is 2. The van der Waals surface area contributed by atoms with Crippen molar-refractivity contribution < 1.29 is 9.59 Å². The van der Waals surface area contributed by atoms with Gasteiger partial charge in [0.15, 0.2) is 0 Å². The van der Waals surface area contributed by atoms with Crippen LogP contribution in [0.5, 0.6) is 0 Å². The molecule has 1 saturated heterocycles. The molecule has 3 aromatic carbocycles. The molecular weight excluding hydrogens is 368 g/mol. The van der Waals surface area contributed by atoms with Gasteiger partial charge in [0.1, 0.15) is 0 Å². The largest absolute Gasteiger partial charge is 0.304 e. The normalized spacial score (nSPS) is 20.9. The molecule has 0 radical (unpaired) electrons. The van der Waals surface area contributed by atoms with Gasteiger partial charge in [-0.2, -0.15) is 0 Å². The molecule has 1 spiro atoms. The van der Waals surface area contributed by atoms with E-state index in [1.807, 2.05) is 89.8 Å². The van der Waals surface area contributed by atoms with Crippen LogP contribution in [0, 0.1) is 0 Å². The van der Waals surface area contributed by atoms with Gasteiger partial charge in [0.05, 0.1) is 18.0 Å². The van der Waals surface area contributed by atoms with Crippen LogP contribution in [-0.4, -0.2) is 17.6 Å². The lowest BCUT2D eigenvalue weighted by Crippen LogP contribution is -2.49. The van der Waals surface area contributed by atoms with E-state index in [2.05, 4.69) is 0 Å². The number of anilines is 2. The van der Waals surface area contributed by atoms with Crippen molar-refractivity contribution in [3.05, 3.63) is 96.1 Å². The van der Waals surface area contributed by atoms with E-state index in [-0.39, 0.29) is 17.6 Å². The van der Waals surface area contributed by atoms with Gasteiger partial charge in [-0.3, -0.25) is 14.5 Å². The highest BCUT2D eigenvalue weighted by molar-refractivity contribution is 8.02. The summed E-state index contributed by atoms with van der Waals surface area (Å²) >= 11 is 1.41. The number of carbonyl (C=O) groups excluding carboxylic acids is 2. The Hall–Kier alpha value is -3.05. The Balaban J connectivity index is 1.66. The van der Waals surface area contributed by atoms with Crippen LogP contribution >= 0.6 is 11.8 Å².